The molecule has 33 heavy (non-hydrogen) atoms. The fourth-order valence-electron chi connectivity index (χ4n) is 4.76. The fraction of sp³-hybridized carbons (Fsp3) is 0.148. The van der Waals surface area contributed by atoms with E-state index >= 15 is 0 Å². The molecule has 3 heterocycles. The van der Waals surface area contributed by atoms with Crippen molar-refractivity contribution < 1.29 is 4.79 Å². The first-order valence-electron chi connectivity index (χ1n) is 11.1. The van der Waals surface area contributed by atoms with Crippen LogP contribution < -0.4 is 11.1 Å². The molecule has 0 radical (unpaired) electrons. The van der Waals surface area contributed by atoms with Crippen LogP contribution in [0.1, 0.15) is 38.8 Å². The topological polar surface area (TPSA) is 80.9 Å². The average molecular weight is 451 g/mol. The number of nitrogens with zero attached hydrogens (tertiary/aromatic N) is 2. The number of hydrogen-bond donors (Lipinski definition) is 2. The molecule has 0 saturated carbocycles. The zero-order chi connectivity index (χ0) is 22.4. The number of nitrogens with one attached hydrogen (secondary N) is 1. The lowest BCUT2D eigenvalue weighted by Crippen LogP contribution is -2.14. The van der Waals surface area contributed by atoms with E-state index in [0.717, 1.165) is 51.8 Å². The van der Waals surface area contributed by atoms with Crippen LogP contribution in [0.5, 0.6) is 0 Å². The number of pyridine rings is 2. The first-order chi connectivity index (χ1) is 16.2. The Morgan fingerprint density at radius 3 is 2.79 bits per heavy atom. The lowest BCUT2D eigenvalue weighted by molar-refractivity contribution is 0.103. The fourth-order valence-corrected chi connectivity index (χ4v) is 5.75. The maximum absolute atomic E-state index is 13.2. The molecule has 0 aliphatic heterocycles. The molecule has 3 aromatic heterocycles. The van der Waals surface area contributed by atoms with Crippen molar-refractivity contribution in [2.75, 3.05) is 11.1 Å². The molecule has 1 amide bonds. The summed E-state index contributed by atoms with van der Waals surface area (Å²) in [5, 5.41) is 4.79. The number of aromatic nitrogens is 2. The summed E-state index contributed by atoms with van der Waals surface area (Å²) >= 11 is 1.36. The number of carbonyl (C=O) groups excluding carboxylic acids is 1. The van der Waals surface area contributed by atoms with Crippen LogP contribution in [0.25, 0.3) is 21.1 Å². The van der Waals surface area contributed by atoms with Gasteiger partial charge in [0, 0.05) is 22.7 Å². The molecule has 2 aromatic carbocycles. The van der Waals surface area contributed by atoms with E-state index < -0.39 is 0 Å². The number of aryl methyl sites for hydroxylation is 1. The lowest BCUT2D eigenvalue weighted by Gasteiger charge is -2.24. The summed E-state index contributed by atoms with van der Waals surface area (Å²) in [7, 11) is 0. The Kier molecular flexibility index (Phi) is 4.80. The molecule has 1 aliphatic carbocycles. The van der Waals surface area contributed by atoms with Crippen LogP contribution in [0, 0.1) is 0 Å². The standard InChI is InChI=1S/C27H22N4OS/c28-24-20-15-18-14-17(16-6-2-1-3-7-16)11-12-21(18)31-27(20)33-25(24)26(32)30-23-10-4-9-22-19(23)8-5-13-29-22/h1-10,13,15,17H,11-12,14,28H2,(H,30,32)/t17-/m0/s1. The van der Waals surface area contributed by atoms with Crippen molar-refractivity contribution in [2.45, 2.75) is 25.2 Å². The largest absolute Gasteiger partial charge is 0.397 e. The Morgan fingerprint density at radius 2 is 1.91 bits per heavy atom. The Hall–Kier alpha value is -3.77. The van der Waals surface area contributed by atoms with Crippen molar-refractivity contribution in [3.63, 3.8) is 0 Å². The molecule has 0 unspecified atom stereocenters. The van der Waals surface area contributed by atoms with Gasteiger partial charge >= 0.3 is 0 Å². The third-order valence-electron chi connectivity index (χ3n) is 6.46. The van der Waals surface area contributed by atoms with Crippen LogP contribution in [0.2, 0.25) is 0 Å². The Bertz CT molecular complexity index is 1500. The first-order valence-corrected chi connectivity index (χ1v) is 11.9. The highest BCUT2D eigenvalue weighted by atomic mass is 32.1. The molecular formula is C27H22N4OS. The van der Waals surface area contributed by atoms with Crippen molar-refractivity contribution in [1.29, 1.82) is 0 Å². The number of benzene rings is 2. The molecule has 6 heteroatoms. The number of fused-ring (bicyclic) bond motifs is 3. The first kappa shape index (κ1) is 19.9. The number of rotatable bonds is 3. The van der Waals surface area contributed by atoms with Crippen molar-refractivity contribution >= 4 is 49.7 Å². The number of hydrogen-bond acceptors (Lipinski definition) is 5. The maximum Gasteiger partial charge on any atom is 0.267 e. The minimum Gasteiger partial charge on any atom is -0.397 e. The van der Waals surface area contributed by atoms with E-state index in [1.807, 2.05) is 30.3 Å². The van der Waals surface area contributed by atoms with Crippen molar-refractivity contribution in [3.8, 4) is 0 Å². The molecular weight excluding hydrogens is 428 g/mol. The van der Waals surface area contributed by atoms with E-state index in [1.54, 1.807) is 6.20 Å². The van der Waals surface area contributed by atoms with Gasteiger partial charge in [-0.1, -0.05) is 36.4 Å². The molecule has 0 saturated heterocycles. The predicted octanol–water partition coefficient (Wildman–Crippen LogP) is 5.95. The number of nitrogens with two attached hydrogens (primary N) is 1. The monoisotopic (exact) mass is 450 g/mol. The molecule has 0 spiro atoms. The SMILES string of the molecule is Nc1c(C(=O)Nc2cccc3ncccc23)sc2nc3c(cc12)C[C@@H](c1ccccc1)CC3. The van der Waals surface area contributed by atoms with E-state index in [4.69, 9.17) is 10.7 Å². The maximum atomic E-state index is 13.2. The van der Waals surface area contributed by atoms with Crippen LogP contribution in [-0.4, -0.2) is 15.9 Å². The highest BCUT2D eigenvalue weighted by Crippen LogP contribution is 2.38. The van der Waals surface area contributed by atoms with Gasteiger partial charge in [-0.15, -0.1) is 11.3 Å². The van der Waals surface area contributed by atoms with Crippen LogP contribution in [-0.2, 0) is 12.8 Å². The minimum atomic E-state index is -0.216. The summed E-state index contributed by atoms with van der Waals surface area (Å²) in [6, 6.07) is 22.3. The van der Waals surface area contributed by atoms with E-state index in [0.29, 0.717) is 16.5 Å². The van der Waals surface area contributed by atoms with Gasteiger partial charge in [0.05, 0.1) is 16.9 Å². The van der Waals surface area contributed by atoms with E-state index in [-0.39, 0.29) is 5.91 Å². The molecule has 0 bridgehead atoms. The Balaban J connectivity index is 1.33. The van der Waals surface area contributed by atoms with Gasteiger partial charge in [-0.25, -0.2) is 4.98 Å². The summed E-state index contributed by atoms with van der Waals surface area (Å²) in [6.07, 6.45) is 4.71. The molecule has 5 aromatic rings. The third-order valence-corrected chi connectivity index (χ3v) is 7.57. The second-order valence-electron chi connectivity index (χ2n) is 8.47. The van der Waals surface area contributed by atoms with E-state index in [2.05, 4.69) is 46.7 Å². The Morgan fingerprint density at radius 1 is 1.03 bits per heavy atom. The van der Waals surface area contributed by atoms with Crippen LogP contribution in [0.3, 0.4) is 0 Å². The third kappa shape index (κ3) is 3.52. The van der Waals surface area contributed by atoms with Crippen molar-refractivity contribution in [3.05, 3.63) is 94.6 Å². The summed E-state index contributed by atoms with van der Waals surface area (Å²) in [6.45, 7) is 0. The van der Waals surface area contributed by atoms with Gasteiger partial charge in [0.2, 0.25) is 0 Å². The number of thiophene rings is 1. The minimum absolute atomic E-state index is 0.216. The summed E-state index contributed by atoms with van der Waals surface area (Å²) in [5.41, 5.74) is 12.3. The van der Waals surface area contributed by atoms with Crippen LogP contribution in [0.15, 0.2) is 72.9 Å². The molecule has 1 aliphatic rings. The number of amides is 1. The van der Waals surface area contributed by atoms with E-state index in [9.17, 15) is 4.79 Å². The predicted molar refractivity (Wildman–Crippen MR) is 135 cm³/mol. The summed E-state index contributed by atoms with van der Waals surface area (Å²) in [5.74, 6) is 0.271. The number of nitrogen functional groups attached to an aromatic ring is 1. The highest BCUT2D eigenvalue weighted by Gasteiger charge is 2.24. The normalized spacial score (nSPS) is 15.5. The summed E-state index contributed by atoms with van der Waals surface area (Å²) in [4.78, 5) is 23.8. The van der Waals surface area contributed by atoms with Gasteiger partial charge in [-0.3, -0.25) is 9.78 Å². The average Bonchev–Trinajstić information content (AvgIpc) is 3.18. The second-order valence-corrected chi connectivity index (χ2v) is 9.47. The molecule has 1 atom stereocenters. The summed E-state index contributed by atoms with van der Waals surface area (Å²) < 4.78 is 0. The molecule has 0 fully saturated rings. The van der Waals surface area contributed by atoms with Crippen molar-refractivity contribution in [1.82, 2.24) is 9.97 Å². The van der Waals surface area contributed by atoms with Gasteiger partial charge in [0.1, 0.15) is 9.71 Å². The van der Waals surface area contributed by atoms with Gasteiger partial charge in [-0.05, 0) is 66.6 Å². The zero-order valence-electron chi connectivity index (χ0n) is 17.9. The van der Waals surface area contributed by atoms with Gasteiger partial charge < -0.3 is 11.1 Å². The van der Waals surface area contributed by atoms with Crippen LogP contribution in [0.4, 0.5) is 11.4 Å². The van der Waals surface area contributed by atoms with E-state index in [1.165, 1.54) is 22.5 Å². The quantitative estimate of drug-likeness (QED) is 0.356. The molecule has 3 N–H and O–H groups in total. The molecule has 6 rings (SSSR count). The van der Waals surface area contributed by atoms with Gasteiger partial charge in [0.25, 0.3) is 5.91 Å². The molecule has 162 valence electrons. The second kappa shape index (κ2) is 7.98. The number of carbonyl (C=O) groups is 1. The van der Waals surface area contributed by atoms with Gasteiger partial charge in [0.15, 0.2) is 0 Å². The number of anilines is 2. The lowest BCUT2D eigenvalue weighted by atomic mass is 9.82. The van der Waals surface area contributed by atoms with Gasteiger partial charge in [-0.2, -0.15) is 0 Å². The Labute approximate surface area is 195 Å². The smallest absolute Gasteiger partial charge is 0.267 e. The van der Waals surface area contributed by atoms with Crippen LogP contribution >= 0.6 is 11.3 Å². The highest BCUT2D eigenvalue weighted by molar-refractivity contribution is 7.21. The zero-order valence-corrected chi connectivity index (χ0v) is 18.7. The molecule has 5 nitrogen and oxygen atoms in total. The van der Waals surface area contributed by atoms with Crippen molar-refractivity contribution in [2.24, 2.45) is 0 Å².